The smallest absolute Gasteiger partial charge is 0.311 e. The van der Waals surface area contributed by atoms with Gasteiger partial charge >= 0.3 is 5.97 Å². The number of amides is 1. The van der Waals surface area contributed by atoms with Gasteiger partial charge in [-0.1, -0.05) is 26.0 Å². The summed E-state index contributed by atoms with van der Waals surface area (Å²) in [7, 11) is 4.50. The van der Waals surface area contributed by atoms with E-state index in [2.05, 4.69) is 19.2 Å². The molecule has 0 radical (unpaired) electrons. The third-order valence-electron chi connectivity index (χ3n) is 4.60. The number of hydrogen-bond donors (Lipinski definition) is 1. The van der Waals surface area contributed by atoms with Crippen molar-refractivity contribution in [3.63, 3.8) is 0 Å². The predicted molar refractivity (Wildman–Crippen MR) is 115 cm³/mol. The minimum absolute atomic E-state index is 0.0442. The first-order valence-electron chi connectivity index (χ1n) is 9.68. The maximum absolute atomic E-state index is 12.4. The molecule has 0 aromatic heterocycles. The monoisotopic (exact) mass is 415 g/mol. The Balaban J connectivity index is 1.99. The summed E-state index contributed by atoms with van der Waals surface area (Å²) in [5.41, 5.74) is 2.45. The summed E-state index contributed by atoms with van der Waals surface area (Å²) in [5.74, 6) is 0.788. The van der Waals surface area contributed by atoms with Crippen LogP contribution in [0.5, 0.6) is 17.2 Å². The van der Waals surface area contributed by atoms with E-state index in [1.807, 2.05) is 24.3 Å². The Hall–Kier alpha value is -3.22. The molecule has 1 atom stereocenters. The van der Waals surface area contributed by atoms with E-state index in [9.17, 15) is 9.59 Å². The lowest BCUT2D eigenvalue weighted by Gasteiger charge is -2.16. The average molecular weight is 415 g/mol. The predicted octanol–water partition coefficient (Wildman–Crippen LogP) is 3.95. The van der Waals surface area contributed by atoms with E-state index in [0.717, 1.165) is 0 Å². The molecule has 1 N–H and O–H groups in total. The van der Waals surface area contributed by atoms with Gasteiger partial charge < -0.3 is 24.3 Å². The van der Waals surface area contributed by atoms with Crippen LogP contribution in [0, 0.1) is 0 Å². The lowest BCUT2D eigenvalue weighted by Crippen LogP contribution is -2.30. The summed E-state index contributed by atoms with van der Waals surface area (Å²) in [6.07, 6.45) is -0.985. The first kappa shape index (κ1) is 23.1. The van der Waals surface area contributed by atoms with E-state index in [1.165, 1.54) is 33.8 Å². The van der Waals surface area contributed by atoms with E-state index in [-0.39, 0.29) is 6.42 Å². The average Bonchev–Trinajstić information content (AvgIpc) is 2.73. The zero-order valence-corrected chi connectivity index (χ0v) is 18.3. The lowest BCUT2D eigenvalue weighted by molar-refractivity contribution is -0.152. The van der Waals surface area contributed by atoms with Crippen LogP contribution in [-0.4, -0.2) is 39.3 Å². The Morgan fingerprint density at radius 1 is 0.900 bits per heavy atom. The van der Waals surface area contributed by atoms with E-state index >= 15 is 0 Å². The third kappa shape index (κ3) is 5.89. The molecule has 2 aromatic rings. The van der Waals surface area contributed by atoms with E-state index in [0.29, 0.717) is 34.4 Å². The van der Waals surface area contributed by atoms with E-state index in [4.69, 9.17) is 18.9 Å². The van der Waals surface area contributed by atoms with Crippen LogP contribution in [0.3, 0.4) is 0 Å². The van der Waals surface area contributed by atoms with Gasteiger partial charge in [0.15, 0.2) is 17.6 Å². The number of esters is 1. The molecule has 7 nitrogen and oxygen atoms in total. The number of carbonyl (C=O) groups excluding carboxylic acids is 2. The lowest BCUT2D eigenvalue weighted by atomic mass is 10.0. The minimum atomic E-state index is -0.940. The highest BCUT2D eigenvalue weighted by Gasteiger charge is 2.20. The van der Waals surface area contributed by atoms with Gasteiger partial charge in [0.1, 0.15) is 0 Å². The van der Waals surface area contributed by atoms with Crippen LogP contribution in [0.1, 0.15) is 37.8 Å². The van der Waals surface area contributed by atoms with Crippen LogP contribution in [0.15, 0.2) is 36.4 Å². The second kappa shape index (κ2) is 10.5. The summed E-state index contributed by atoms with van der Waals surface area (Å²) in [4.78, 5) is 24.7. The molecule has 0 aliphatic heterocycles. The molecule has 0 heterocycles. The highest BCUT2D eigenvalue weighted by Crippen LogP contribution is 2.38. The van der Waals surface area contributed by atoms with Crippen LogP contribution in [0.2, 0.25) is 0 Å². The van der Waals surface area contributed by atoms with Crippen molar-refractivity contribution < 1.29 is 28.5 Å². The molecule has 7 heteroatoms. The fourth-order valence-corrected chi connectivity index (χ4v) is 2.89. The summed E-state index contributed by atoms with van der Waals surface area (Å²) in [6.45, 7) is 5.73. The standard InChI is InChI=1S/C23H29NO6/c1-14(2)17-7-9-18(10-8-17)24-23(26)15(3)30-21(25)13-16-11-19(27-4)22(29-6)20(12-16)28-5/h7-12,14-15H,13H2,1-6H3,(H,24,26)/t15-/m0/s1. The van der Waals surface area contributed by atoms with Crippen molar-refractivity contribution in [1.29, 1.82) is 0 Å². The Kier molecular flexibility index (Phi) is 8.09. The van der Waals surface area contributed by atoms with Crippen molar-refractivity contribution in [2.75, 3.05) is 26.6 Å². The molecule has 1 amide bonds. The van der Waals surface area contributed by atoms with Crippen LogP contribution >= 0.6 is 0 Å². The number of methoxy groups -OCH3 is 3. The van der Waals surface area contributed by atoms with Gasteiger partial charge in [0.25, 0.3) is 5.91 Å². The van der Waals surface area contributed by atoms with Crippen LogP contribution < -0.4 is 19.5 Å². The molecule has 0 unspecified atom stereocenters. The number of rotatable bonds is 9. The zero-order chi connectivity index (χ0) is 22.3. The molecule has 0 saturated heterocycles. The van der Waals surface area contributed by atoms with Gasteiger partial charge in [0.05, 0.1) is 27.8 Å². The second-order valence-electron chi connectivity index (χ2n) is 7.11. The number of benzene rings is 2. The fourth-order valence-electron chi connectivity index (χ4n) is 2.89. The zero-order valence-electron chi connectivity index (χ0n) is 18.3. The van der Waals surface area contributed by atoms with Gasteiger partial charge in [-0.3, -0.25) is 9.59 Å². The highest BCUT2D eigenvalue weighted by atomic mass is 16.5. The molecule has 0 saturated carbocycles. The maximum atomic E-state index is 12.4. The summed E-state index contributed by atoms with van der Waals surface area (Å²) >= 11 is 0. The summed E-state index contributed by atoms with van der Waals surface area (Å²) in [5, 5.41) is 2.76. The highest BCUT2D eigenvalue weighted by molar-refractivity contribution is 5.95. The van der Waals surface area contributed by atoms with E-state index < -0.39 is 18.0 Å². The summed E-state index contributed by atoms with van der Waals surface area (Å²) < 4.78 is 21.1. The largest absolute Gasteiger partial charge is 0.493 e. The van der Waals surface area contributed by atoms with Gasteiger partial charge in [0.2, 0.25) is 5.75 Å². The van der Waals surface area contributed by atoms with Crippen molar-refractivity contribution in [3.05, 3.63) is 47.5 Å². The normalized spacial score (nSPS) is 11.6. The van der Waals surface area contributed by atoms with Crippen molar-refractivity contribution in [3.8, 4) is 17.2 Å². The molecule has 0 bridgehead atoms. The van der Waals surface area contributed by atoms with Crippen LogP contribution in [0.25, 0.3) is 0 Å². The minimum Gasteiger partial charge on any atom is -0.493 e. The third-order valence-corrected chi connectivity index (χ3v) is 4.60. The second-order valence-corrected chi connectivity index (χ2v) is 7.11. The fraction of sp³-hybridized carbons (Fsp3) is 0.391. The Bertz CT molecular complexity index is 851. The molecule has 0 aliphatic carbocycles. The molecule has 162 valence electrons. The van der Waals surface area contributed by atoms with Gasteiger partial charge in [-0.25, -0.2) is 0 Å². The Labute approximate surface area is 177 Å². The molecule has 0 aliphatic rings. The maximum Gasteiger partial charge on any atom is 0.311 e. The topological polar surface area (TPSA) is 83.1 Å². The molecule has 2 aromatic carbocycles. The van der Waals surface area contributed by atoms with Crippen molar-refractivity contribution >= 4 is 17.6 Å². The number of carbonyl (C=O) groups is 2. The van der Waals surface area contributed by atoms with Crippen LogP contribution in [0.4, 0.5) is 5.69 Å². The number of ether oxygens (including phenoxy) is 4. The molecule has 0 fully saturated rings. The molecule has 2 rings (SSSR count). The van der Waals surface area contributed by atoms with Gasteiger partial charge in [0, 0.05) is 5.69 Å². The van der Waals surface area contributed by atoms with Gasteiger partial charge in [-0.15, -0.1) is 0 Å². The quantitative estimate of drug-likeness (QED) is 0.625. The summed E-state index contributed by atoms with van der Waals surface area (Å²) in [6, 6.07) is 10.9. The van der Waals surface area contributed by atoms with Crippen molar-refractivity contribution in [2.24, 2.45) is 0 Å². The first-order chi connectivity index (χ1) is 14.3. The number of anilines is 1. The van der Waals surface area contributed by atoms with Crippen LogP contribution in [-0.2, 0) is 20.7 Å². The SMILES string of the molecule is COc1cc(CC(=O)O[C@@H](C)C(=O)Nc2ccc(C(C)C)cc2)cc(OC)c1OC. The molecular weight excluding hydrogens is 386 g/mol. The van der Waals surface area contributed by atoms with Gasteiger partial charge in [-0.05, 0) is 48.2 Å². The van der Waals surface area contributed by atoms with Gasteiger partial charge in [-0.2, -0.15) is 0 Å². The molecular formula is C23H29NO6. The Morgan fingerprint density at radius 2 is 1.47 bits per heavy atom. The van der Waals surface area contributed by atoms with Crippen molar-refractivity contribution in [2.45, 2.75) is 39.2 Å². The number of hydrogen-bond acceptors (Lipinski definition) is 6. The van der Waals surface area contributed by atoms with E-state index in [1.54, 1.807) is 12.1 Å². The molecule has 30 heavy (non-hydrogen) atoms. The molecule has 0 spiro atoms. The van der Waals surface area contributed by atoms with Crippen molar-refractivity contribution in [1.82, 2.24) is 0 Å². The first-order valence-corrected chi connectivity index (χ1v) is 9.68. The Morgan fingerprint density at radius 3 is 1.93 bits per heavy atom. The number of nitrogens with one attached hydrogen (secondary N) is 1.